The molecule has 2 heteroatoms. The van der Waals surface area contributed by atoms with E-state index >= 15 is 0 Å². The van der Waals surface area contributed by atoms with Gasteiger partial charge < -0.3 is 4.90 Å². The Bertz CT molecular complexity index is 861. The van der Waals surface area contributed by atoms with E-state index in [4.69, 9.17) is 0 Å². The van der Waals surface area contributed by atoms with Gasteiger partial charge in [-0.2, -0.15) is 0 Å². The van der Waals surface area contributed by atoms with Crippen LogP contribution in [0.2, 0.25) is 0 Å². The number of carbonyl (C=O) groups is 1. The van der Waals surface area contributed by atoms with Crippen LogP contribution in [0.3, 0.4) is 0 Å². The van der Waals surface area contributed by atoms with Gasteiger partial charge in [-0.1, -0.05) is 62.4 Å². The maximum atomic E-state index is 13.0. The molecule has 122 valence electrons. The zero-order valence-electron chi connectivity index (χ0n) is 14.5. The fourth-order valence-electron chi connectivity index (χ4n) is 3.11. The highest BCUT2D eigenvalue weighted by Crippen LogP contribution is 2.27. The van der Waals surface area contributed by atoms with Crippen molar-refractivity contribution >= 4 is 22.4 Å². The van der Waals surface area contributed by atoms with Crippen molar-refractivity contribution in [3.05, 3.63) is 77.9 Å². The first kappa shape index (κ1) is 16.3. The van der Waals surface area contributed by atoms with E-state index in [-0.39, 0.29) is 5.91 Å². The molecule has 3 rings (SSSR count). The highest BCUT2D eigenvalue weighted by atomic mass is 16.2. The lowest BCUT2D eigenvalue weighted by atomic mass is 10.0. The smallest absolute Gasteiger partial charge is 0.258 e. The number of fused-ring (bicyclic) bond motifs is 1. The summed E-state index contributed by atoms with van der Waals surface area (Å²) in [5, 5.41) is 2.23. The third-order valence-electron chi connectivity index (χ3n) is 4.25. The van der Waals surface area contributed by atoms with E-state index in [2.05, 4.69) is 38.1 Å². The predicted octanol–water partition coefficient (Wildman–Crippen LogP) is 5.31. The summed E-state index contributed by atoms with van der Waals surface area (Å²) in [5.74, 6) is 0.600. The van der Waals surface area contributed by atoms with Crippen molar-refractivity contribution in [3.63, 3.8) is 0 Å². The van der Waals surface area contributed by atoms with E-state index in [1.165, 1.54) is 5.56 Å². The summed E-state index contributed by atoms with van der Waals surface area (Å²) in [5.41, 5.74) is 2.89. The standard InChI is InChI=1S/C22H23NO/c1-16(2)14-17-8-6-11-19(15-17)22(24)23(3)21-13-7-10-18-9-4-5-12-20(18)21/h4-13,15-16H,14H2,1-3H3. The minimum absolute atomic E-state index is 0.0250. The molecule has 0 fully saturated rings. The molecule has 0 saturated heterocycles. The molecule has 0 aliphatic carbocycles. The van der Waals surface area contributed by atoms with Gasteiger partial charge in [0.15, 0.2) is 0 Å². The minimum Gasteiger partial charge on any atom is -0.311 e. The van der Waals surface area contributed by atoms with Crippen LogP contribution in [0.25, 0.3) is 10.8 Å². The number of benzene rings is 3. The summed E-state index contributed by atoms with van der Waals surface area (Å²) in [6.07, 6.45) is 0.985. The summed E-state index contributed by atoms with van der Waals surface area (Å²) < 4.78 is 0. The molecule has 1 amide bonds. The molecule has 0 radical (unpaired) electrons. The van der Waals surface area contributed by atoms with Gasteiger partial charge in [0.2, 0.25) is 0 Å². The summed E-state index contributed by atoms with van der Waals surface area (Å²) in [6, 6.07) is 22.2. The second-order valence-electron chi connectivity index (χ2n) is 6.66. The lowest BCUT2D eigenvalue weighted by Gasteiger charge is -2.20. The van der Waals surface area contributed by atoms with Gasteiger partial charge in [-0.05, 0) is 41.5 Å². The number of hydrogen-bond donors (Lipinski definition) is 0. The SMILES string of the molecule is CC(C)Cc1cccc(C(=O)N(C)c2cccc3ccccc23)c1. The predicted molar refractivity (Wildman–Crippen MR) is 102 cm³/mol. The highest BCUT2D eigenvalue weighted by Gasteiger charge is 2.16. The molecule has 0 aromatic heterocycles. The van der Waals surface area contributed by atoms with Gasteiger partial charge in [-0.15, -0.1) is 0 Å². The molecule has 3 aromatic carbocycles. The fraction of sp³-hybridized carbons (Fsp3) is 0.227. The summed E-state index contributed by atoms with van der Waals surface area (Å²) in [4.78, 5) is 14.7. The van der Waals surface area contributed by atoms with Gasteiger partial charge in [0, 0.05) is 18.0 Å². The summed E-state index contributed by atoms with van der Waals surface area (Å²) in [6.45, 7) is 4.38. The Kier molecular flexibility index (Phi) is 4.66. The minimum atomic E-state index is 0.0250. The van der Waals surface area contributed by atoms with Crippen LogP contribution in [-0.2, 0) is 6.42 Å². The van der Waals surface area contributed by atoms with E-state index in [1.54, 1.807) is 4.90 Å². The van der Waals surface area contributed by atoms with Gasteiger partial charge >= 0.3 is 0 Å². The Balaban J connectivity index is 1.94. The van der Waals surface area contributed by atoms with Crippen LogP contribution >= 0.6 is 0 Å². The molecule has 0 heterocycles. The number of hydrogen-bond acceptors (Lipinski definition) is 1. The second-order valence-corrected chi connectivity index (χ2v) is 6.66. The zero-order chi connectivity index (χ0) is 17.1. The highest BCUT2D eigenvalue weighted by molar-refractivity contribution is 6.10. The monoisotopic (exact) mass is 317 g/mol. The van der Waals surface area contributed by atoms with Crippen LogP contribution < -0.4 is 4.90 Å². The van der Waals surface area contributed by atoms with Crippen molar-refractivity contribution in [1.82, 2.24) is 0 Å². The van der Waals surface area contributed by atoms with Crippen LogP contribution in [0.4, 0.5) is 5.69 Å². The van der Waals surface area contributed by atoms with Gasteiger partial charge in [-0.3, -0.25) is 4.79 Å². The third-order valence-corrected chi connectivity index (χ3v) is 4.25. The van der Waals surface area contributed by atoms with Crippen LogP contribution in [0.5, 0.6) is 0 Å². The Morgan fingerprint density at radius 1 is 0.958 bits per heavy atom. The van der Waals surface area contributed by atoms with Crippen LogP contribution in [0.1, 0.15) is 29.8 Å². The normalized spacial score (nSPS) is 11.0. The Labute approximate surface area is 143 Å². The van der Waals surface area contributed by atoms with Gasteiger partial charge in [0.05, 0.1) is 5.69 Å². The van der Waals surface area contributed by atoms with Crippen LogP contribution in [0, 0.1) is 5.92 Å². The first-order valence-corrected chi connectivity index (χ1v) is 8.41. The molecule has 0 spiro atoms. The molecule has 0 bridgehead atoms. The Morgan fingerprint density at radius 3 is 2.46 bits per heavy atom. The van der Waals surface area contributed by atoms with Crippen molar-refractivity contribution in [2.24, 2.45) is 5.92 Å². The number of anilines is 1. The average molecular weight is 317 g/mol. The van der Waals surface area contributed by atoms with Crippen molar-refractivity contribution in [1.29, 1.82) is 0 Å². The Morgan fingerprint density at radius 2 is 1.67 bits per heavy atom. The molecule has 0 N–H and O–H groups in total. The van der Waals surface area contributed by atoms with E-state index in [0.29, 0.717) is 5.92 Å². The van der Waals surface area contributed by atoms with Crippen LogP contribution in [-0.4, -0.2) is 13.0 Å². The van der Waals surface area contributed by atoms with Crippen molar-refractivity contribution in [2.45, 2.75) is 20.3 Å². The van der Waals surface area contributed by atoms with E-state index < -0.39 is 0 Å². The molecule has 0 atom stereocenters. The van der Waals surface area contributed by atoms with Crippen molar-refractivity contribution in [2.75, 3.05) is 11.9 Å². The average Bonchev–Trinajstić information content (AvgIpc) is 2.59. The maximum Gasteiger partial charge on any atom is 0.258 e. The molecule has 24 heavy (non-hydrogen) atoms. The van der Waals surface area contributed by atoms with Gasteiger partial charge in [0.1, 0.15) is 0 Å². The lowest BCUT2D eigenvalue weighted by molar-refractivity contribution is 0.0993. The number of rotatable bonds is 4. The molecule has 2 nitrogen and oxygen atoms in total. The Hall–Kier alpha value is -2.61. The summed E-state index contributed by atoms with van der Waals surface area (Å²) in [7, 11) is 1.85. The lowest BCUT2D eigenvalue weighted by Crippen LogP contribution is -2.26. The number of carbonyl (C=O) groups excluding carboxylic acids is 1. The van der Waals surface area contributed by atoms with Gasteiger partial charge in [0.25, 0.3) is 5.91 Å². The quantitative estimate of drug-likeness (QED) is 0.638. The molecular weight excluding hydrogens is 294 g/mol. The number of nitrogens with zero attached hydrogens (tertiary/aromatic N) is 1. The fourth-order valence-corrected chi connectivity index (χ4v) is 3.11. The first-order chi connectivity index (χ1) is 11.6. The first-order valence-electron chi connectivity index (χ1n) is 8.41. The molecule has 3 aromatic rings. The molecule has 0 unspecified atom stereocenters. The topological polar surface area (TPSA) is 20.3 Å². The summed E-state index contributed by atoms with van der Waals surface area (Å²) >= 11 is 0. The third kappa shape index (κ3) is 3.33. The van der Waals surface area contributed by atoms with Crippen molar-refractivity contribution < 1.29 is 4.79 Å². The van der Waals surface area contributed by atoms with Gasteiger partial charge in [-0.25, -0.2) is 0 Å². The molecule has 0 aliphatic heterocycles. The maximum absolute atomic E-state index is 13.0. The van der Waals surface area contributed by atoms with E-state index in [1.807, 2.05) is 49.5 Å². The largest absolute Gasteiger partial charge is 0.311 e. The van der Waals surface area contributed by atoms with Crippen LogP contribution in [0.15, 0.2) is 66.7 Å². The number of amides is 1. The van der Waals surface area contributed by atoms with E-state index in [0.717, 1.165) is 28.4 Å². The second kappa shape index (κ2) is 6.88. The molecule has 0 saturated carbocycles. The zero-order valence-corrected chi connectivity index (χ0v) is 14.5. The van der Waals surface area contributed by atoms with E-state index in [9.17, 15) is 4.79 Å². The van der Waals surface area contributed by atoms with Crippen molar-refractivity contribution in [3.8, 4) is 0 Å². The molecule has 0 aliphatic rings. The molecular formula is C22H23NO.